The minimum atomic E-state index is -3.50. The Morgan fingerprint density at radius 3 is 2.78 bits per heavy atom. The number of hydrogen-bond acceptors (Lipinski definition) is 5. The Balaban J connectivity index is 1.64. The van der Waals surface area contributed by atoms with E-state index in [0.29, 0.717) is 19.8 Å². The van der Waals surface area contributed by atoms with Crippen LogP contribution in [0.15, 0.2) is 17.3 Å². The lowest BCUT2D eigenvalue weighted by Crippen LogP contribution is -2.42. The highest BCUT2D eigenvalue weighted by Crippen LogP contribution is 2.27. The predicted molar refractivity (Wildman–Crippen MR) is 86.7 cm³/mol. The fraction of sp³-hybridized carbons (Fsp3) is 0.800. The lowest BCUT2D eigenvalue weighted by atomic mass is 9.81. The second-order valence-electron chi connectivity index (χ2n) is 6.88. The molecule has 0 spiro atoms. The Hall–Kier alpha value is -0.960. The second-order valence-corrected chi connectivity index (χ2v) is 8.65. The van der Waals surface area contributed by atoms with Crippen LogP contribution in [0.1, 0.15) is 38.6 Å². The zero-order valence-corrected chi connectivity index (χ0v) is 14.4. The SMILES string of the molecule is CC1(CNS(=O)(=O)c2cnn(C3CCOCC3)c2)CCNCC1. The van der Waals surface area contributed by atoms with Crippen molar-refractivity contribution in [2.75, 3.05) is 32.8 Å². The molecule has 0 saturated carbocycles. The molecule has 2 aliphatic heterocycles. The summed E-state index contributed by atoms with van der Waals surface area (Å²) in [6.45, 7) is 5.91. The molecule has 3 heterocycles. The van der Waals surface area contributed by atoms with E-state index in [0.717, 1.165) is 38.8 Å². The van der Waals surface area contributed by atoms with Crippen LogP contribution < -0.4 is 10.0 Å². The van der Waals surface area contributed by atoms with Crippen molar-refractivity contribution < 1.29 is 13.2 Å². The summed E-state index contributed by atoms with van der Waals surface area (Å²) in [4.78, 5) is 0.251. The number of piperidine rings is 1. The lowest BCUT2D eigenvalue weighted by Gasteiger charge is -2.33. The van der Waals surface area contributed by atoms with Crippen LogP contribution in [-0.4, -0.2) is 51.0 Å². The van der Waals surface area contributed by atoms with Crippen molar-refractivity contribution in [2.45, 2.75) is 43.5 Å². The predicted octanol–water partition coefficient (Wildman–Crippen LogP) is 0.903. The molecule has 0 radical (unpaired) electrons. The third kappa shape index (κ3) is 4.12. The number of hydrogen-bond donors (Lipinski definition) is 2. The molecule has 8 heteroatoms. The van der Waals surface area contributed by atoms with Crippen LogP contribution in [0.2, 0.25) is 0 Å². The standard InChI is InChI=1S/C15H26N4O3S/c1-15(4-6-16-7-5-15)12-18-23(20,21)14-10-17-19(11-14)13-2-8-22-9-3-13/h10-11,13,16,18H,2-9,12H2,1H3. The molecule has 2 fully saturated rings. The Morgan fingerprint density at radius 1 is 1.39 bits per heavy atom. The minimum Gasteiger partial charge on any atom is -0.381 e. The Morgan fingerprint density at radius 2 is 2.09 bits per heavy atom. The molecule has 3 rings (SSSR count). The fourth-order valence-corrected chi connectivity index (χ4v) is 4.31. The quantitative estimate of drug-likeness (QED) is 0.830. The van der Waals surface area contributed by atoms with Gasteiger partial charge in [0.25, 0.3) is 0 Å². The van der Waals surface area contributed by atoms with Gasteiger partial charge in [0.15, 0.2) is 0 Å². The number of nitrogens with one attached hydrogen (secondary N) is 2. The van der Waals surface area contributed by atoms with E-state index in [1.165, 1.54) is 6.20 Å². The average Bonchev–Trinajstić information content (AvgIpc) is 3.06. The molecule has 7 nitrogen and oxygen atoms in total. The smallest absolute Gasteiger partial charge is 0.243 e. The number of sulfonamides is 1. The molecule has 0 amide bonds. The second kappa shape index (κ2) is 6.88. The molecule has 0 aromatic carbocycles. The van der Waals surface area contributed by atoms with E-state index >= 15 is 0 Å². The van der Waals surface area contributed by atoms with Gasteiger partial charge in [-0.05, 0) is 44.2 Å². The van der Waals surface area contributed by atoms with Gasteiger partial charge in [0.05, 0.1) is 12.2 Å². The average molecular weight is 342 g/mol. The summed E-state index contributed by atoms with van der Waals surface area (Å²) in [5.74, 6) is 0. The Bertz CT molecular complexity index is 616. The van der Waals surface area contributed by atoms with Crippen molar-refractivity contribution in [3.63, 3.8) is 0 Å². The van der Waals surface area contributed by atoms with E-state index in [1.54, 1.807) is 10.9 Å². The summed E-state index contributed by atoms with van der Waals surface area (Å²) in [6, 6.07) is 0.231. The summed E-state index contributed by atoms with van der Waals surface area (Å²) in [5.41, 5.74) is 0.0228. The number of aromatic nitrogens is 2. The summed E-state index contributed by atoms with van der Waals surface area (Å²) in [5, 5.41) is 7.56. The molecule has 2 N–H and O–H groups in total. The molecule has 2 aliphatic rings. The first-order valence-corrected chi connectivity index (χ1v) is 9.79. The van der Waals surface area contributed by atoms with Crippen LogP contribution in [0.4, 0.5) is 0 Å². The van der Waals surface area contributed by atoms with Crippen LogP contribution in [0.3, 0.4) is 0 Å². The van der Waals surface area contributed by atoms with Gasteiger partial charge in [-0.25, -0.2) is 13.1 Å². The minimum absolute atomic E-state index is 0.0228. The van der Waals surface area contributed by atoms with Gasteiger partial charge in [0, 0.05) is 26.0 Å². The van der Waals surface area contributed by atoms with Gasteiger partial charge < -0.3 is 10.1 Å². The largest absolute Gasteiger partial charge is 0.381 e. The molecule has 0 unspecified atom stereocenters. The van der Waals surface area contributed by atoms with E-state index in [-0.39, 0.29) is 16.4 Å². The van der Waals surface area contributed by atoms with E-state index in [1.807, 2.05) is 0 Å². The van der Waals surface area contributed by atoms with Gasteiger partial charge in [0.2, 0.25) is 10.0 Å². The monoisotopic (exact) mass is 342 g/mol. The van der Waals surface area contributed by atoms with Crippen molar-refractivity contribution in [3.05, 3.63) is 12.4 Å². The molecule has 0 bridgehead atoms. The maximum Gasteiger partial charge on any atom is 0.243 e. The Kier molecular flexibility index (Phi) is 5.05. The zero-order valence-electron chi connectivity index (χ0n) is 13.6. The van der Waals surface area contributed by atoms with Crippen molar-refractivity contribution in [1.29, 1.82) is 0 Å². The molecule has 23 heavy (non-hydrogen) atoms. The highest BCUT2D eigenvalue weighted by atomic mass is 32.2. The molecule has 0 atom stereocenters. The van der Waals surface area contributed by atoms with Gasteiger partial charge in [-0.2, -0.15) is 5.10 Å². The topological polar surface area (TPSA) is 85.2 Å². The highest BCUT2D eigenvalue weighted by Gasteiger charge is 2.29. The van der Waals surface area contributed by atoms with E-state index < -0.39 is 10.0 Å². The van der Waals surface area contributed by atoms with Crippen molar-refractivity contribution >= 4 is 10.0 Å². The summed E-state index contributed by atoms with van der Waals surface area (Å²) < 4.78 is 34.9. The summed E-state index contributed by atoms with van der Waals surface area (Å²) >= 11 is 0. The van der Waals surface area contributed by atoms with Gasteiger partial charge in [0.1, 0.15) is 4.90 Å². The van der Waals surface area contributed by atoms with Crippen LogP contribution in [0.25, 0.3) is 0 Å². The first-order valence-electron chi connectivity index (χ1n) is 8.31. The number of ether oxygens (including phenoxy) is 1. The van der Waals surface area contributed by atoms with Gasteiger partial charge >= 0.3 is 0 Å². The van der Waals surface area contributed by atoms with Crippen molar-refractivity contribution in [3.8, 4) is 0 Å². The molecular weight excluding hydrogens is 316 g/mol. The fourth-order valence-electron chi connectivity index (χ4n) is 3.17. The number of rotatable bonds is 5. The highest BCUT2D eigenvalue weighted by molar-refractivity contribution is 7.89. The van der Waals surface area contributed by atoms with Gasteiger partial charge in [-0.1, -0.05) is 6.92 Å². The maximum atomic E-state index is 12.5. The third-order valence-corrected chi connectivity index (χ3v) is 6.31. The summed E-state index contributed by atoms with van der Waals surface area (Å²) in [7, 11) is -3.50. The van der Waals surface area contributed by atoms with Crippen LogP contribution in [-0.2, 0) is 14.8 Å². The number of nitrogens with zero attached hydrogens (tertiary/aromatic N) is 2. The van der Waals surface area contributed by atoms with E-state index in [2.05, 4.69) is 22.1 Å². The van der Waals surface area contributed by atoms with Crippen molar-refractivity contribution in [2.24, 2.45) is 5.41 Å². The van der Waals surface area contributed by atoms with Crippen LogP contribution >= 0.6 is 0 Å². The molecule has 2 saturated heterocycles. The first-order chi connectivity index (χ1) is 11.0. The Labute approximate surface area is 137 Å². The van der Waals surface area contributed by atoms with Crippen LogP contribution in [0.5, 0.6) is 0 Å². The van der Waals surface area contributed by atoms with Gasteiger partial charge in [-0.15, -0.1) is 0 Å². The molecule has 130 valence electrons. The zero-order chi connectivity index (χ0) is 16.3. The van der Waals surface area contributed by atoms with E-state index in [9.17, 15) is 8.42 Å². The molecule has 0 aliphatic carbocycles. The van der Waals surface area contributed by atoms with Crippen molar-refractivity contribution in [1.82, 2.24) is 19.8 Å². The first kappa shape index (κ1) is 16.9. The molecular formula is C15H26N4O3S. The maximum absolute atomic E-state index is 12.5. The van der Waals surface area contributed by atoms with Crippen LogP contribution in [0, 0.1) is 5.41 Å². The lowest BCUT2D eigenvalue weighted by molar-refractivity contribution is 0.0662. The normalized spacial score (nSPS) is 23.0. The molecule has 1 aromatic heterocycles. The summed E-state index contributed by atoms with van der Waals surface area (Å²) in [6.07, 6.45) is 6.80. The van der Waals surface area contributed by atoms with E-state index in [4.69, 9.17) is 4.74 Å². The molecule has 1 aromatic rings. The third-order valence-electron chi connectivity index (χ3n) is 4.95. The van der Waals surface area contributed by atoms with Gasteiger partial charge in [-0.3, -0.25) is 4.68 Å².